The van der Waals surface area contributed by atoms with Crippen LogP contribution in [0.4, 0.5) is 26.3 Å². The fraction of sp³-hybridized carbons (Fsp3) is 0.643. The second-order valence-electron chi connectivity index (χ2n) is 4.99. The normalized spacial score (nSPS) is 21.7. The summed E-state index contributed by atoms with van der Waals surface area (Å²) in [5.74, 6) is -6.90. The molecular formula is C14H15F6NO4. The fourth-order valence-electron chi connectivity index (χ4n) is 2.36. The van der Waals surface area contributed by atoms with Gasteiger partial charge in [-0.15, -0.1) is 0 Å². The first-order valence-corrected chi connectivity index (χ1v) is 7.17. The van der Waals surface area contributed by atoms with E-state index in [4.69, 9.17) is 0 Å². The monoisotopic (exact) mass is 375 g/mol. The first kappa shape index (κ1) is 21.0. The van der Waals surface area contributed by atoms with E-state index >= 15 is 0 Å². The van der Waals surface area contributed by atoms with Crippen LogP contribution < -0.4 is 0 Å². The molecular weight excluding hydrogens is 360 g/mol. The quantitative estimate of drug-likeness (QED) is 0.559. The molecule has 11 heteroatoms. The van der Waals surface area contributed by atoms with E-state index in [1.54, 1.807) is 0 Å². The lowest BCUT2D eigenvalue weighted by Crippen LogP contribution is -2.45. The Hall–Kier alpha value is -2.07. The van der Waals surface area contributed by atoms with Crippen LogP contribution in [0.15, 0.2) is 16.3 Å². The fourth-order valence-corrected chi connectivity index (χ4v) is 2.36. The number of allylic oxidation sites excluding steroid dienone is 1. The third kappa shape index (κ3) is 4.51. The lowest BCUT2D eigenvalue weighted by atomic mass is 9.80. The second kappa shape index (κ2) is 7.44. The van der Waals surface area contributed by atoms with Gasteiger partial charge in [-0.05, 0) is 13.8 Å². The van der Waals surface area contributed by atoms with Crippen LogP contribution in [-0.2, 0) is 19.1 Å². The van der Waals surface area contributed by atoms with E-state index in [1.807, 2.05) is 0 Å². The molecule has 0 spiro atoms. The highest BCUT2D eigenvalue weighted by atomic mass is 19.4. The number of hydrogen-bond acceptors (Lipinski definition) is 5. The Morgan fingerprint density at radius 3 is 1.92 bits per heavy atom. The molecule has 0 bridgehead atoms. The summed E-state index contributed by atoms with van der Waals surface area (Å²) in [6, 6.07) is 0. The Kier molecular flexibility index (Phi) is 6.24. The summed E-state index contributed by atoms with van der Waals surface area (Å²) >= 11 is 0. The lowest BCUT2D eigenvalue weighted by Gasteiger charge is -2.31. The molecule has 142 valence electrons. The highest BCUT2D eigenvalue weighted by molar-refractivity contribution is 6.09. The molecule has 1 heterocycles. The first-order chi connectivity index (χ1) is 11.4. The molecule has 0 saturated carbocycles. The molecule has 5 nitrogen and oxygen atoms in total. The number of ether oxygens (including phenoxy) is 2. The van der Waals surface area contributed by atoms with Gasteiger partial charge < -0.3 is 9.47 Å². The van der Waals surface area contributed by atoms with E-state index in [0.29, 0.717) is 0 Å². The van der Waals surface area contributed by atoms with Gasteiger partial charge in [-0.3, -0.25) is 4.79 Å². The topological polar surface area (TPSA) is 65.0 Å². The van der Waals surface area contributed by atoms with E-state index in [9.17, 15) is 35.9 Å². The highest BCUT2D eigenvalue weighted by Gasteiger charge is 2.55. The molecule has 1 aliphatic rings. The molecule has 0 aromatic rings. The standard InChI is InChI=1S/C14H15F6NO4/c1-4-24-11(22)7-6(3)8(12(23)25-5-2)10(14(18,19)20)21-9(7)13(15,16)17/h6-7H,4-5H2,1-3H3. The number of carbonyl (C=O) groups excluding carboxylic acids is 2. The van der Waals surface area contributed by atoms with Crippen molar-refractivity contribution in [1.82, 2.24) is 0 Å². The lowest BCUT2D eigenvalue weighted by molar-refractivity contribution is -0.149. The van der Waals surface area contributed by atoms with Gasteiger partial charge >= 0.3 is 24.3 Å². The van der Waals surface area contributed by atoms with Gasteiger partial charge in [0.2, 0.25) is 0 Å². The Morgan fingerprint density at radius 1 is 1.00 bits per heavy atom. The number of carbonyl (C=O) groups is 2. The highest BCUT2D eigenvalue weighted by Crippen LogP contribution is 2.42. The van der Waals surface area contributed by atoms with Crippen molar-refractivity contribution in [2.75, 3.05) is 13.2 Å². The number of aliphatic imine (C=N–C) groups is 1. The van der Waals surface area contributed by atoms with Crippen LogP contribution in [0, 0.1) is 11.8 Å². The molecule has 0 aliphatic carbocycles. The summed E-state index contributed by atoms with van der Waals surface area (Å²) in [5.41, 5.74) is -5.12. The van der Waals surface area contributed by atoms with Crippen LogP contribution >= 0.6 is 0 Å². The number of nitrogens with zero attached hydrogens (tertiary/aromatic N) is 1. The summed E-state index contributed by atoms with van der Waals surface area (Å²) in [4.78, 5) is 26.3. The number of halogens is 6. The average Bonchev–Trinajstić information content (AvgIpc) is 2.44. The molecule has 0 amide bonds. The second-order valence-corrected chi connectivity index (χ2v) is 4.99. The zero-order valence-corrected chi connectivity index (χ0v) is 13.4. The third-order valence-electron chi connectivity index (χ3n) is 3.33. The minimum Gasteiger partial charge on any atom is -0.465 e. The van der Waals surface area contributed by atoms with Crippen molar-refractivity contribution in [2.24, 2.45) is 16.8 Å². The van der Waals surface area contributed by atoms with Gasteiger partial charge in [0.05, 0.1) is 18.8 Å². The summed E-state index contributed by atoms with van der Waals surface area (Å²) in [7, 11) is 0. The number of hydrogen-bond donors (Lipinski definition) is 0. The maximum Gasteiger partial charge on any atom is 0.433 e. The third-order valence-corrected chi connectivity index (χ3v) is 3.33. The van der Waals surface area contributed by atoms with E-state index in [1.165, 1.54) is 13.8 Å². The molecule has 0 aromatic heterocycles. The molecule has 2 unspecified atom stereocenters. The van der Waals surface area contributed by atoms with Crippen molar-refractivity contribution in [3.8, 4) is 0 Å². The van der Waals surface area contributed by atoms with Gasteiger partial charge in [-0.1, -0.05) is 6.92 Å². The molecule has 1 aliphatic heterocycles. The van der Waals surface area contributed by atoms with Crippen LogP contribution in [0.3, 0.4) is 0 Å². The van der Waals surface area contributed by atoms with Gasteiger partial charge in [0.1, 0.15) is 11.6 Å². The van der Waals surface area contributed by atoms with Crippen LogP contribution in [0.1, 0.15) is 20.8 Å². The number of rotatable bonds is 4. The van der Waals surface area contributed by atoms with Gasteiger partial charge in [0.15, 0.2) is 5.70 Å². The maximum absolute atomic E-state index is 13.2. The molecule has 0 aromatic carbocycles. The average molecular weight is 375 g/mol. The van der Waals surface area contributed by atoms with Crippen molar-refractivity contribution in [3.05, 3.63) is 11.3 Å². The largest absolute Gasteiger partial charge is 0.465 e. The Morgan fingerprint density at radius 2 is 1.52 bits per heavy atom. The van der Waals surface area contributed by atoms with E-state index in [-0.39, 0.29) is 13.2 Å². The van der Waals surface area contributed by atoms with Crippen LogP contribution in [0.2, 0.25) is 0 Å². The van der Waals surface area contributed by atoms with Gasteiger partial charge in [-0.25, -0.2) is 9.79 Å². The van der Waals surface area contributed by atoms with Gasteiger partial charge in [-0.2, -0.15) is 26.3 Å². The van der Waals surface area contributed by atoms with Crippen LogP contribution in [0.5, 0.6) is 0 Å². The Balaban J connectivity index is 3.66. The molecule has 2 atom stereocenters. The van der Waals surface area contributed by atoms with Crippen molar-refractivity contribution >= 4 is 17.7 Å². The van der Waals surface area contributed by atoms with E-state index < -0.39 is 53.1 Å². The smallest absolute Gasteiger partial charge is 0.433 e. The van der Waals surface area contributed by atoms with Crippen molar-refractivity contribution in [1.29, 1.82) is 0 Å². The van der Waals surface area contributed by atoms with Crippen LogP contribution in [-0.4, -0.2) is 43.2 Å². The van der Waals surface area contributed by atoms with Crippen molar-refractivity contribution < 1.29 is 45.4 Å². The summed E-state index contributed by atoms with van der Waals surface area (Å²) in [6.07, 6.45) is -10.7. The Bertz CT molecular complexity index is 605. The zero-order chi connectivity index (χ0) is 19.6. The summed E-state index contributed by atoms with van der Waals surface area (Å²) in [5, 5.41) is 0. The SMILES string of the molecule is CCOC(=O)C1=C(C(F)(F)F)N=C(C(F)(F)F)C(C(=O)OCC)C1C. The van der Waals surface area contributed by atoms with Crippen LogP contribution in [0.25, 0.3) is 0 Å². The number of esters is 2. The molecule has 25 heavy (non-hydrogen) atoms. The minimum absolute atomic E-state index is 0.294. The predicted molar refractivity (Wildman–Crippen MR) is 72.5 cm³/mol. The minimum atomic E-state index is -5.34. The maximum atomic E-state index is 13.2. The number of alkyl halides is 6. The summed E-state index contributed by atoms with van der Waals surface area (Å²) < 4.78 is 87.9. The summed E-state index contributed by atoms with van der Waals surface area (Å²) in [6.45, 7) is 2.92. The van der Waals surface area contributed by atoms with Gasteiger partial charge in [0.25, 0.3) is 0 Å². The van der Waals surface area contributed by atoms with Gasteiger partial charge in [0, 0.05) is 5.92 Å². The first-order valence-electron chi connectivity index (χ1n) is 7.17. The predicted octanol–water partition coefficient (Wildman–Crippen LogP) is 3.20. The Labute approximate surface area is 138 Å². The van der Waals surface area contributed by atoms with E-state index in [0.717, 1.165) is 6.92 Å². The van der Waals surface area contributed by atoms with Crippen molar-refractivity contribution in [2.45, 2.75) is 33.1 Å². The van der Waals surface area contributed by atoms with E-state index in [2.05, 4.69) is 14.5 Å². The molecule has 1 rings (SSSR count). The molecule has 0 N–H and O–H groups in total. The molecule has 0 saturated heterocycles. The zero-order valence-electron chi connectivity index (χ0n) is 13.4. The van der Waals surface area contributed by atoms with Crippen molar-refractivity contribution in [3.63, 3.8) is 0 Å². The molecule has 0 fully saturated rings. The molecule has 0 radical (unpaired) electrons.